The Bertz CT molecular complexity index is 1230. The smallest absolute Gasteiger partial charge is 0.262 e. The quantitative estimate of drug-likeness (QED) is 0.245. The highest BCUT2D eigenvalue weighted by Crippen LogP contribution is 2.27. The van der Waals surface area contributed by atoms with Crippen LogP contribution < -0.4 is 20.2 Å². The zero-order valence-corrected chi connectivity index (χ0v) is 22.5. The number of nitrogens with zero attached hydrogens (tertiary/aromatic N) is 1. The van der Waals surface area contributed by atoms with Crippen LogP contribution in [0.1, 0.15) is 35.3 Å². The van der Waals surface area contributed by atoms with Gasteiger partial charge in [-0.05, 0) is 75.9 Å². The first-order chi connectivity index (χ1) is 17.3. The van der Waals surface area contributed by atoms with Gasteiger partial charge in [0.1, 0.15) is 24.1 Å². The summed E-state index contributed by atoms with van der Waals surface area (Å²) < 4.78 is 11.7. The topological polar surface area (TPSA) is 89.0 Å². The normalized spacial score (nSPS) is 11.8. The molecular formula is C27H27BrClN3O4. The van der Waals surface area contributed by atoms with Crippen molar-refractivity contribution in [2.75, 3.05) is 7.11 Å². The number of rotatable bonds is 10. The number of carbonyl (C=O) groups is 2. The number of hydrazone groups is 1. The van der Waals surface area contributed by atoms with Crippen LogP contribution in [-0.4, -0.2) is 31.2 Å². The van der Waals surface area contributed by atoms with Crippen LogP contribution in [0.5, 0.6) is 11.5 Å². The number of hydrogen-bond acceptors (Lipinski definition) is 5. The van der Waals surface area contributed by atoms with Crippen molar-refractivity contribution < 1.29 is 19.1 Å². The molecule has 1 unspecified atom stereocenters. The number of hydrogen-bond donors (Lipinski definition) is 2. The number of ether oxygens (including phenoxy) is 2. The molecule has 3 rings (SSSR count). The van der Waals surface area contributed by atoms with Crippen molar-refractivity contribution in [1.29, 1.82) is 0 Å². The molecule has 188 valence electrons. The molecule has 0 saturated carbocycles. The minimum Gasteiger partial charge on any atom is -0.497 e. The van der Waals surface area contributed by atoms with Crippen LogP contribution in [-0.2, 0) is 11.4 Å². The maximum atomic E-state index is 12.7. The van der Waals surface area contributed by atoms with Crippen molar-refractivity contribution in [3.63, 3.8) is 0 Å². The van der Waals surface area contributed by atoms with Crippen LogP contribution in [0.3, 0.4) is 0 Å². The molecule has 0 fully saturated rings. The molecule has 0 radical (unpaired) electrons. The molecule has 0 aromatic heterocycles. The fraction of sp³-hybridized carbons (Fsp3) is 0.222. The number of methoxy groups -OCH3 is 1. The van der Waals surface area contributed by atoms with Crippen LogP contribution in [0, 0.1) is 5.92 Å². The van der Waals surface area contributed by atoms with Gasteiger partial charge in [0.25, 0.3) is 11.8 Å². The third-order valence-corrected chi connectivity index (χ3v) is 6.26. The van der Waals surface area contributed by atoms with E-state index in [1.165, 1.54) is 6.21 Å². The molecule has 3 aromatic rings. The Morgan fingerprint density at radius 2 is 1.81 bits per heavy atom. The van der Waals surface area contributed by atoms with Gasteiger partial charge in [0.05, 0.1) is 17.8 Å². The van der Waals surface area contributed by atoms with Crippen LogP contribution in [0.4, 0.5) is 0 Å². The molecule has 0 aliphatic carbocycles. The molecule has 36 heavy (non-hydrogen) atoms. The molecule has 0 aliphatic heterocycles. The largest absolute Gasteiger partial charge is 0.497 e. The van der Waals surface area contributed by atoms with Crippen molar-refractivity contribution in [1.82, 2.24) is 10.7 Å². The standard InChI is InChI=1S/C27H27BrClN3O4/c1-17(2)25(31-26(33)19-9-11-21(35-3)12-10-19)27(34)32-30-15-18-8-13-24(22(28)14-18)36-16-20-6-4-5-7-23(20)29/h4-15,17,25H,16H2,1-3H3,(H,31,33)(H,32,34). The van der Waals surface area contributed by atoms with Gasteiger partial charge in [-0.2, -0.15) is 5.10 Å². The van der Waals surface area contributed by atoms with Crippen LogP contribution in [0.25, 0.3) is 0 Å². The van der Waals surface area contributed by atoms with Gasteiger partial charge in [0.2, 0.25) is 0 Å². The Hall–Kier alpha value is -3.36. The summed E-state index contributed by atoms with van der Waals surface area (Å²) in [7, 11) is 1.55. The van der Waals surface area contributed by atoms with E-state index < -0.39 is 11.9 Å². The number of carbonyl (C=O) groups excluding carboxylic acids is 2. The molecule has 3 aromatic carbocycles. The summed E-state index contributed by atoms with van der Waals surface area (Å²) in [6.45, 7) is 4.03. The summed E-state index contributed by atoms with van der Waals surface area (Å²) in [4.78, 5) is 25.3. The first kappa shape index (κ1) is 27.2. The number of benzene rings is 3. The van der Waals surface area contributed by atoms with E-state index >= 15 is 0 Å². The van der Waals surface area contributed by atoms with E-state index in [1.54, 1.807) is 37.4 Å². The van der Waals surface area contributed by atoms with Crippen molar-refractivity contribution in [3.05, 3.63) is 92.9 Å². The molecule has 0 bridgehead atoms. The lowest BCUT2D eigenvalue weighted by Gasteiger charge is -2.20. The van der Waals surface area contributed by atoms with E-state index in [4.69, 9.17) is 21.1 Å². The average molecular weight is 573 g/mol. The Morgan fingerprint density at radius 1 is 1.08 bits per heavy atom. The fourth-order valence-corrected chi connectivity index (χ4v) is 3.93. The summed E-state index contributed by atoms with van der Waals surface area (Å²) in [5.74, 6) is 0.378. The van der Waals surface area contributed by atoms with Gasteiger partial charge in [-0.25, -0.2) is 5.43 Å². The lowest BCUT2D eigenvalue weighted by atomic mass is 10.0. The summed E-state index contributed by atoms with van der Waals surface area (Å²) >= 11 is 9.68. The lowest BCUT2D eigenvalue weighted by Crippen LogP contribution is -2.48. The molecule has 2 amide bonds. The Labute approximate surface area is 224 Å². The van der Waals surface area contributed by atoms with Crippen LogP contribution in [0.15, 0.2) is 76.3 Å². The van der Waals surface area contributed by atoms with Gasteiger partial charge < -0.3 is 14.8 Å². The zero-order valence-electron chi connectivity index (χ0n) is 20.1. The Kier molecular flexibility index (Phi) is 9.90. The summed E-state index contributed by atoms with van der Waals surface area (Å²) in [6.07, 6.45) is 1.52. The van der Waals surface area contributed by atoms with Gasteiger partial charge in [-0.1, -0.05) is 43.6 Å². The molecule has 0 aliphatic rings. The van der Waals surface area contributed by atoms with E-state index in [-0.39, 0.29) is 11.8 Å². The third kappa shape index (κ3) is 7.57. The minimum atomic E-state index is -0.760. The fourth-order valence-electron chi connectivity index (χ4n) is 3.23. The second kappa shape index (κ2) is 13.1. The van der Waals surface area contributed by atoms with Gasteiger partial charge in [-0.15, -0.1) is 0 Å². The first-order valence-electron chi connectivity index (χ1n) is 11.2. The Morgan fingerprint density at radius 3 is 2.44 bits per heavy atom. The SMILES string of the molecule is COc1ccc(C(=O)NC(C(=O)NN=Cc2ccc(OCc3ccccc3Cl)c(Br)c2)C(C)C)cc1. The summed E-state index contributed by atoms with van der Waals surface area (Å²) in [5.41, 5.74) is 4.57. The molecule has 7 nitrogen and oxygen atoms in total. The van der Waals surface area contributed by atoms with Crippen LogP contribution in [0.2, 0.25) is 5.02 Å². The van der Waals surface area contributed by atoms with Crippen LogP contribution >= 0.6 is 27.5 Å². The van der Waals surface area contributed by atoms with E-state index in [0.717, 1.165) is 15.6 Å². The molecule has 0 spiro atoms. The minimum absolute atomic E-state index is 0.147. The molecule has 2 N–H and O–H groups in total. The van der Waals surface area contributed by atoms with E-state index in [2.05, 4.69) is 31.8 Å². The molecule has 1 atom stereocenters. The lowest BCUT2D eigenvalue weighted by molar-refractivity contribution is -0.123. The first-order valence-corrected chi connectivity index (χ1v) is 12.4. The molecule has 0 saturated heterocycles. The van der Waals surface area contributed by atoms with Gasteiger partial charge in [0, 0.05) is 16.1 Å². The average Bonchev–Trinajstić information content (AvgIpc) is 2.87. The van der Waals surface area contributed by atoms with Gasteiger partial charge >= 0.3 is 0 Å². The maximum Gasteiger partial charge on any atom is 0.262 e. The van der Waals surface area contributed by atoms with Crippen molar-refractivity contribution in [3.8, 4) is 11.5 Å². The molecule has 0 heterocycles. The van der Waals surface area contributed by atoms with Crippen molar-refractivity contribution in [2.45, 2.75) is 26.5 Å². The summed E-state index contributed by atoms with van der Waals surface area (Å²) in [5, 5.41) is 7.47. The van der Waals surface area contributed by atoms with E-state index in [9.17, 15) is 9.59 Å². The van der Waals surface area contributed by atoms with Gasteiger partial charge in [0.15, 0.2) is 0 Å². The van der Waals surface area contributed by atoms with E-state index in [1.807, 2.05) is 50.2 Å². The predicted molar refractivity (Wildman–Crippen MR) is 145 cm³/mol. The molecular weight excluding hydrogens is 546 g/mol. The number of halogens is 2. The van der Waals surface area contributed by atoms with Crippen molar-refractivity contribution in [2.24, 2.45) is 11.0 Å². The van der Waals surface area contributed by atoms with Gasteiger partial charge in [-0.3, -0.25) is 9.59 Å². The Balaban J connectivity index is 1.57. The molecule has 9 heteroatoms. The zero-order chi connectivity index (χ0) is 26.1. The second-order valence-electron chi connectivity index (χ2n) is 8.23. The number of amides is 2. The monoisotopic (exact) mass is 571 g/mol. The highest BCUT2D eigenvalue weighted by Gasteiger charge is 2.24. The summed E-state index contributed by atoms with van der Waals surface area (Å²) in [6, 6.07) is 18.8. The maximum absolute atomic E-state index is 12.7. The number of nitrogens with one attached hydrogen (secondary N) is 2. The van der Waals surface area contributed by atoms with Crippen molar-refractivity contribution >= 4 is 45.6 Å². The highest BCUT2D eigenvalue weighted by molar-refractivity contribution is 9.10. The predicted octanol–water partition coefficient (Wildman–Crippen LogP) is 5.59. The second-order valence-corrected chi connectivity index (χ2v) is 9.49. The van der Waals surface area contributed by atoms with E-state index in [0.29, 0.717) is 28.7 Å². The third-order valence-electron chi connectivity index (χ3n) is 5.27. The highest BCUT2D eigenvalue weighted by atomic mass is 79.9.